The lowest BCUT2D eigenvalue weighted by Crippen LogP contribution is -2.44. The minimum absolute atomic E-state index is 0.690. The molecule has 26 heavy (non-hydrogen) atoms. The Morgan fingerprint density at radius 1 is 1.15 bits per heavy atom. The van der Waals surface area contributed by atoms with Gasteiger partial charge < -0.3 is 20.1 Å². The van der Waals surface area contributed by atoms with Crippen molar-refractivity contribution in [2.75, 3.05) is 59.1 Å². The first-order valence-corrected chi connectivity index (χ1v) is 9.82. The van der Waals surface area contributed by atoms with Crippen LogP contribution in [0.4, 0.5) is 0 Å². The first kappa shape index (κ1) is 20.7. The zero-order chi connectivity index (χ0) is 18.3. The molecule has 2 N–H and O–H groups in total. The van der Waals surface area contributed by atoms with E-state index in [4.69, 9.17) is 9.47 Å². The Kier molecular flexibility index (Phi) is 10.8. The summed E-state index contributed by atoms with van der Waals surface area (Å²) in [7, 11) is 0. The number of nitrogens with zero attached hydrogens (tertiary/aromatic N) is 2. The molecule has 6 heteroatoms. The van der Waals surface area contributed by atoms with Crippen molar-refractivity contribution in [1.82, 2.24) is 15.5 Å². The normalized spacial score (nSPS) is 15.8. The van der Waals surface area contributed by atoms with Crippen LogP contribution in [0.3, 0.4) is 0 Å². The zero-order valence-corrected chi connectivity index (χ0v) is 16.1. The van der Waals surface area contributed by atoms with Gasteiger partial charge in [-0.05, 0) is 25.3 Å². The van der Waals surface area contributed by atoms with E-state index in [0.29, 0.717) is 6.61 Å². The molecule has 1 aliphatic rings. The quantitative estimate of drug-likeness (QED) is 0.358. The molecule has 6 nitrogen and oxygen atoms in total. The molecule has 1 aromatic rings. The smallest absolute Gasteiger partial charge is 0.191 e. The summed E-state index contributed by atoms with van der Waals surface area (Å²) in [5.74, 6) is 0.908. The summed E-state index contributed by atoms with van der Waals surface area (Å²) in [5.41, 5.74) is 1.23. The molecule has 1 heterocycles. The summed E-state index contributed by atoms with van der Waals surface area (Å²) in [6, 6.07) is 10.3. The van der Waals surface area contributed by atoms with E-state index in [0.717, 1.165) is 77.9 Å². The van der Waals surface area contributed by atoms with Crippen molar-refractivity contribution in [2.45, 2.75) is 26.4 Å². The molecule has 0 saturated carbocycles. The lowest BCUT2D eigenvalue weighted by Gasteiger charge is -2.26. The van der Waals surface area contributed by atoms with Crippen LogP contribution < -0.4 is 10.6 Å². The number of hydrogen-bond acceptors (Lipinski definition) is 4. The number of nitrogens with one attached hydrogen (secondary N) is 2. The third kappa shape index (κ3) is 9.17. The molecule has 0 radical (unpaired) electrons. The first-order valence-electron chi connectivity index (χ1n) is 9.82. The third-order valence-corrected chi connectivity index (χ3v) is 4.25. The fourth-order valence-electron chi connectivity index (χ4n) is 2.77. The Morgan fingerprint density at radius 3 is 2.73 bits per heavy atom. The number of benzene rings is 1. The number of guanidine groups is 1. The lowest BCUT2D eigenvalue weighted by molar-refractivity contribution is 0.0389. The van der Waals surface area contributed by atoms with Gasteiger partial charge in [0.15, 0.2) is 5.96 Å². The van der Waals surface area contributed by atoms with Crippen LogP contribution in [0.25, 0.3) is 0 Å². The molecule has 0 aromatic heterocycles. The summed E-state index contributed by atoms with van der Waals surface area (Å²) in [4.78, 5) is 7.07. The second kappa shape index (κ2) is 13.6. The topological polar surface area (TPSA) is 58.1 Å². The molecule has 0 unspecified atom stereocenters. The Labute approximate surface area is 158 Å². The lowest BCUT2D eigenvalue weighted by atomic mass is 10.2. The van der Waals surface area contributed by atoms with Crippen LogP contribution in [0.1, 0.15) is 25.3 Å². The van der Waals surface area contributed by atoms with Crippen LogP contribution in [0.5, 0.6) is 0 Å². The number of hydrogen-bond donors (Lipinski definition) is 2. The van der Waals surface area contributed by atoms with E-state index in [1.165, 1.54) is 5.56 Å². The highest BCUT2D eigenvalue weighted by Crippen LogP contribution is 2.01. The Hall–Kier alpha value is -1.63. The Bertz CT molecular complexity index is 490. The fraction of sp³-hybridized carbons (Fsp3) is 0.650. The van der Waals surface area contributed by atoms with Crippen molar-refractivity contribution in [3.05, 3.63) is 35.9 Å². The molecule has 2 rings (SSSR count). The van der Waals surface area contributed by atoms with Gasteiger partial charge in [0, 0.05) is 45.9 Å². The van der Waals surface area contributed by atoms with Gasteiger partial charge in [0.05, 0.1) is 19.8 Å². The molecule has 0 amide bonds. The van der Waals surface area contributed by atoms with E-state index in [1.54, 1.807) is 0 Å². The Balaban J connectivity index is 1.52. The fourth-order valence-corrected chi connectivity index (χ4v) is 2.77. The van der Waals surface area contributed by atoms with Gasteiger partial charge in [-0.1, -0.05) is 30.3 Å². The monoisotopic (exact) mass is 362 g/mol. The number of aliphatic imine (C=N–C) groups is 1. The van der Waals surface area contributed by atoms with Gasteiger partial charge in [-0.2, -0.15) is 0 Å². The standard InChI is InChI=1S/C20H34N4O2/c1-2-21-20(23-11-12-24-13-16-25-17-14-24)22-10-6-7-15-26-18-19-8-4-3-5-9-19/h3-5,8-9H,2,6-7,10-18H2,1H3,(H2,21,22,23). The van der Waals surface area contributed by atoms with Crippen molar-refractivity contribution in [3.63, 3.8) is 0 Å². The number of unbranched alkanes of at least 4 members (excludes halogenated alkanes) is 1. The molecule has 0 spiro atoms. The van der Waals surface area contributed by atoms with Crippen molar-refractivity contribution in [1.29, 1.82) is 0 Å². The molecule has 1 aromatic carbocycles. The molecule has 1 saturated heterocycles. The maximum absolute atomic E-state index is 5.71. The van der Waals surface area contributed by atoms with Crippen molar-refractivity contribution < 1.29 is 9.47 Å². The number of morpholine rings is 1. The first-order chi connectivity index (χ1) is 12.9. The molecule has 0 atom stereocenters. The van der Waals surface area contributed by atoms with E-state index < -0.39 is 0 Å². The molecule has 1 aliphatic heterocycles. The van der Waals surface area contributed by atoms with Crippen molar-refractivity contribution in [3.8, 4) is 0 Å². The average molecular weight is 363 g/mol. The van der Waals surface area contributed by atoms with Gasteiger partial charge in [0.1, 0.15) is 0 Å². The molecule has 0 aliphatic carbocycles. The number of ether oxygens (including phenoxy) is 2. The largest absolute Gasteiger partial charge is 0.379 e. The predicted molar refractivity (Wildman–Crippen MR) is 107 cm³/mol. The highest BCUT2D eigenvalue weighted by Gasteiger charge is 2.09. The minimum Gasteiger partial charge on any atom is -0.379 e. The molecular weight excluding hydrogens is 328 g/mol. The van der Waals surface area contributed by atoms with Crippen LogP contribution >= 0.6 is 0 Å². The van der Waals surface area contributed by atoms with E-state index >= 15 is 0 Å². The van der Waals surface area contributed by atoms with Gasteiger partial charge in [-0.25, -0.2) is 0 Å². The van der Waals surface area contributed by atoms with Crippen LogP contribution in [-0.2, 0) is 16.1 Å². The third-order valence-electron chi connectivity index (χ3n) is 4.25. The van der Waals surface area contributed by atoms with Crippen molar-refractivity contribution in [2.24, 2.45) is 4.99 Å². The van der Waals surface area contributed by atoms with Crippen LogP contribution in [-0.4, -0.2) is 69.9 Å². The van der Waals surface area contributed by atoms with Crippen LogP contribution in [0.15, 0.2) is 35.3 Å². The highest BCUT2D eigenvalue weighted by molar-refractivity contribution is 5.79. The molecule has 0 bridgehead atoms. The van der Waals surface area contributed by atoms with Gasteiger partial charge in [-0.3, -0.25) is 9.89 Å². The van der Waals surface area contributed by atoms with Gasteiger partial charge >= 0.3 is 0 Å². The second-order valence-corrected chi connectivity index (χ2v) is 6.39. The summed E-state index contributed by atoms with van der Waals surface area (Å²) in [5, 5.41) is 6.73. The summed E-state index contributed by atoms with van der Waals surface area (Å²) < 4.78 is 11.1. The van der Waals surface area contributed by atoms with Crippen molar-refractivity contribution >= 4 is 5.96 Å². The summed E-state index contributed by atoms with van der Waals surface area (Å²) in [6.07, 6.45) is 2.07. The van der Waals surface area contributed by atoms with E-state index in [2.05, 4.69) is 39.6 Å². The maximum atomic E-state index is 5.71. The van der Waals surface area contributed by atoms with E-state index in [-0.39, 0.29) is 0 Å². The average Bonchev–Trinajstić information content (AvgIpc) is 2.69. The van der Waals surface area contributed by atoms with Gasteiger partial charge in [0.2, 0.25) is 0 Å². The predicted octanol–water partition coefficient (Wildman–Crippen LogP) is 1.87. The number of rotatable bonds is 11. The summed E-state index contributed by atoms with van der Waals surface area (Å²) >= 11 is 0. The molecule has 146 valence electrons. The second-order valence-electron chi connectivity index (χ2n) is 6.39. The maximum Gasteiger partial charge on any atom is 0.191 e. The van der Waals surface area contributed by atoms with Gasteiger partial charge in [-0.15, -0.1) is 0 Å². The molecular formula is C20H34N4O2. The van der Waals surface area contributed by atoms with Crippen LogP contribution in [0.2, 0.25) is 0 Å². The minimum atomic E-state index is 0.690. The van der Waals surface area contributed by atoms with Crippen LogP contribution in [0, 0.1) is 0 Å². The summed E-state index contributed by atoms with van der Waals surface area (Å²) in [6.45, 7) is 11.0. The zero-order valence-electron chi connectivity index (χ0n) is 16.1. The van der Waals surface area contributed by atoms with Gasteiger partial charge in [0.25, 0.3) is 0 Å². The Morgan fingerprint density at radius 2 is 1.96 bits per heavy atom. The highest BCUT2D eigenvalue weighted by atomic mass is 16.5. The SMILES string of the molecule is CCNC(=NCCCCOCc1ccccc1)NCCN1CCOCC1. The molecule has 1 fully saturated rings. The van der Waals surface area contributed by atoms with E-state index in [1.807, 2.05) is 18.2 Å². The van der Waals surface area contributed by atoms with E-state index in [9.17, 15) is 0 Å².